The Bertz CT molecular complexity index is 1470. The zero-order valence-corrected chi connectivity index (χ0v) is 26.6. The van der Waals surface area contributed by atoms with Gasteiger partial charge in [0, 0.05) is 25.2 Å². The quantitative estimate of drug-likeness (QED) is 0.232. The number of alkyl halides is 3. The standard InChI is InChI=1S/C31H39F3N4O7S/c1-3-9-21(10-5-8-13-27(39)44-4-2)37-17-14-23(37)29(41)38-19-22(18-24(38)28(40)36-30(20-35)15-16-30)46(42,43)26-12-7-6-11-25(26)45-31(32,33)34/h6-8,11-13,21-24H,3-5,9-10,14-19H2,1-2H3,(H,36,40)/b13-8+/t21?,22-,23?,24+/m1/s1. The van der Waals surface area contributed by atoms with Gasteiger partial charge >= 0.3 is 12.3 Å². The summed E-state index contributed by atoms with van der Waals surface area (Å²) in [7, 11) is -4.51. The van der Waals surface area contributed by atoms with E-state index in [-0.39, 0.29) is 19.1 Å². The fraction of sp³-hybridized carbons (Fsp3) is 0.613. The summed E-state index contributed by atoms with van der Waals surface area (Å²) in [6.07, 6.45) is 1.70. The van der Waals surface area contributed by atoms with Gasteiger partial charge in [-0.2, -0.15) is 5.26 Å². The highest BCUT2D eigenvalue weighted by atomic mass is 32.2. The Labute approximate surface area is 266 Å². The normalized spacial score (nSPS) is 23.3. The van der Waals surface area contributed by atoms with Crippen LogP contribution in [0.3, 0.4) is 0 Å². The van der Waals surface area contributed by atoms with Crippen molar-refractivity contribution in [3.63, 3.8) is 0 Å². The van der Waals surface area contributed by atoms with E-state index < -0.39 is 74.0 Å². The van der Waals surface area contributed by atoms with Gasteiger partial charge in [-0.1, -0.05) is 31.6 Å². The van der Waals surface area contributed by atoms with Crippen LogP contribution in [0.2, 0.25) is 0 Å². The molecular formula is C31H39F3N4O7S. The van der Waals surface area contributed by atoms with Crippen LogP contribution in [-0.2, 0) is 29.0 Å². The highest BCUT2D eigenvalue weighted by Crippen LogP contribution is 2.39. The smallest absolute Gasteiger partial charge is 0.463 e. The van der Waals surface area contributed by atoms with Gasteiger partial charge < -0.3 is 19.7 Å². The number of carbonyl (C=O) groups is 3. The lowest BCUT2D eigenvalue weighted by Crippen LogP contribution is -2.62. The van der Waals surface area contributed by atoms with E-state index >= 15 is 0 Å². The largest absolute Gasteiger partial charge is 0.573 e. The number of nitriles is 1. The number of amides is 2. The molecule has 3 aliphatic rings. The van der Waals surface area contributed by atoms with Gasteiger partial charge in [0.25, 0.3) is 0 Å². The molecule has 1 aromatic carbocycles. The average molecular weight is 669 g/mol. The first-order chi connectivity index (χ1) is 21.7. The molecule has 2 heterocycles. The topological polar surface area (TPSA) is 146 Å². The SMILES string of the molecule is CCCC(CC/C=C/C(=O)OCC)N1CCC1C(=O)N1C[C@H](S(=O)(=O)c2ccccc2OC(F)(F)F)C[C@H]1C(=O)NC1(C#N)CC1. The van der Waals surface area contributed by atoms with Crippen molar-refractivity contribution in [3.8, 4) is 11.8 Å². The Kier molecular flexibility index (Phi) is 11.0. The lowest BCUT2D eigenvalue weighted by atomic mass is 9.93. The molecule has 2 amide bonds. The number of esters is 1. The van der Waals surface area contributed by atoms with E-state index in [0.29, 0.717) is 38.6 Å². The van der Waals surface area contributed by atoms with E-state index in [4.69, 9.17) is 4.74 Å². The van der Waals surface area contributed by atoms with Crippen molar-refractivity contribution < 1.29 is 45.4 Å². The van der Waals surface area contributed by atoms with Crippen molar-refractivity contribution in [3.05, 3.63) is 36.4 Å². The number of nitrogens with one attached hydrogen (secondary N) is 1. The molecule has 0 radical (unpaired) electrons. The minimum Gasteiger partial charge on any atom is -0.463 e. The molecule has 1 saturated carbocycles. The first-order valence-corrected chi connectivity index (χ1v) is 17.0. The lowest BCUT2D eigenvalue weighted by Gasteiger charge is -2.47. The lowest BCUT2D eigenvalue weighted by molar-refractivity contribution is -0.275. The first-order valence-electron chi connectivity index (χ1n) is 15.5. The second-order valence-electron chi connectivity index (χ2n) is 11.8. The molecule has 0 bridgehead atoms. The van der Waals surface area contributed by atoms with Crippen molar-refractivity contribution in [2.75, 3.05) is 19.7 Å². The summed E-state index contributed by atoms with van der Waals surface area (Å²) < 4.78 is 75.7. The number of ether oxygens (including phenoxy) is 2. The molecule has 252 valence electrons. The highest BCUT2D eigenvalue weighted by molar-refractivity contribution is 7.92. The number of likely N-dealkylation sites (tertiary alicyclic amines) is 2. The number of halogens is 3. The molecule has 0 spiro atoms. The number of sulfone groups is 1. The van der Waals surface area contributed by atoms with Gasteiger partial charge in [0.15, 0.2) is 9.84 Å². The fourth-order valence-corrected chi connectivity index (χ4v) is 7.88. The number of benzene rings is 1. The van der Waals surface area contributed by atoms with E-state index in [1.807, 2.05) is 17.9 Å². The zero-order chi connectivity index (χ0) is 33.7. The summed E-state index contributed by atoms with van der Waals surface area (Å²) in [5, 5.41) is 10.8. The van der Waals surface area contributed by atoms with Crippen LogP contribution < -0.4 is 10.1 Å². The van der Waals surface area contributed by atoms with Crippen LogP contribution in [0, 0.1) is 11.3 Å². The van der Waals surface area contributed by atoms with E-state index in [2.05, 4.69) is 10.1 Å². The summed E-state index contributed by atoms with van der Waals surface area (Å²) in [6, 6.07) is 4.53. The summed E-state index contributed by atoms with van der Waals surface area (Å²) in [6.45, 7) is 4.18. The van der Waals surface area contributed by atoms with E-state index in [0.717, 1.165) is 25.0 Å². The van der Waals surface area contributed by atoms with Gasteiger partial charge in [0.2, 0.25) is 11.8 Å². The molecule has 1 aromatic rings. The highest BCUT2D eigenvalue weighted by Gasteiger charge is 2.53. The molecule has 4 rings (SSSR count). The predicted molar refractivity (Wildman–Crippen MR) is 159 cm³/mol. The predicted octanol–water partition coefficient (Wildman–Crippen LogP) is 3.64. The maximum Gasteiger partial charge on any atom is 0.573 e. The van der Waals surface area contributed by atoms with Gasteiger partial charge in [-0.25, -0.2) is 13.2 Å². The van der Waals surface area contributed by atoms with E-state index in [9.17, 15) is 41.2 Å². The Morgan fingerprint density at radius 1 is 1.17 bits per heavy atom. The molecular weight excluding hydrogens is 629 g/mol. The minimum absolute atomic E-state index is 0.0197. The third-order valence-electron chi connectivity index (χ3n) is 8.64. The Morgan fingerprint density at radius 3 is 2.48 bits per heavy atom. The molecule has 11 nitrogen and oxygen atoms in total. The number of allylic oxidation sites excluding steroid dienone is 1. The van der Waals surface area contributed by atoms with Crippen LogP contribution >= 0.6 is 0 Å². The number of carbonyl (C=O) groups excluding carboxylic acids is 3. The summed E-state index contributed by atoms with van der Waals surface area (Å²) in [5.74, 6) is -2.46. The van der Waals surface area contributed by atoms with Crippen molar-refractivity contribution in [2.24, 2.45) is 0 Å². The summed E-state index contributed by atoms with van der Waals surface area (Å²) in [5.41, 5.74) is -1.08. The third kappa shape index (κ3) is 8.19. The molecule has 2 saturated heterocycles. The molecule has 46 heavy (non-hydrogen) atoms. The van der Waals surface area contributed by atoms with Gasteiger partial charge in [-0.3, -0.25) is 14.5 Å². The first kappa shape index (κ1) is 35.2. The van der Waals surface area contributed by atoms with Crippen molar-refractivity contribution in [1.29, 1.82) is 5.26 Å². The molecule has 4 atom stereocenters. The van der Waals surface area contributed by atoms with Crippen LogP contribution in [0.25, 0.3) is 0 Å². The average Bonchev–Trinajstić information content (AvgIpc) is 3.58. The number of nitrogens with zero attached hydrogens (tertiary/aromatic N) is 3. The van der Waals surface area contributed by atoms with Gasteiger partial charge in [0.05, 0.1) is 24.0 Å². The van der Waals surface area contributed by atoms with Crippen LogP contribution in [-0.4, -0.2) is 91.0 Å². The third-order valence-corrected chi connectivity index (χ3v) is 10.8. The van der Waals surface area contributed by atoms with Crippen LogP contribution in [0.1, 0.15) is 65.2 Å². The monoisotopic (exact) mass is 668 g/mol. The number of para-hydroxylation sites is 1. The maximum absolute atomic E-state index is 14.1. The summed E-state index contributed by atoms with van der Waals surface area (Å²) in [4.78, 5) is 41.7. The zero-order valence-electron chi connectivity index (χ0n) is 25.8. The molecule has 1 N–H and O–H groups in total. The maximum atomic E-state index is 14.1. The molecule has 3 fully saturated rings. The van der Waals surface area contributed by atoms with Crippen LogP contribution in [0.5, 0.6) is 5.75 Å². The van der Waals surface area contributed by atoms with Gasteiger partial charge in [-0.05, 0) is 64.0 Å². The van der Waals surface area contributed by atoms with E-state index in [1.54, 1.807) is 13.0 Å². The van der Waals surface area contributed by atoms with Gasteiger partial charge in [-0.15, -0.1) is 13.2 Å². The second kappa shape index (κ2) is 14.4. The van der Waals surface area contributed by atoms with Crippen molar-refractivity contribution in [1.82, 2.24) is 15.1 Å². The molecule has 2 aliphatic heterocycles. The molecule has 0 aromatic heterocycles. The van der Waals surface area contributed by atoms with Crippen molar-refractivity contribution in [2.45, 2.75) is 105 Å². The second-order valence-corrected chi connectivity index (χ2v) is 14.0. The van der Waals surface area contributed by atoms with Crippen LogP contribution in [0.15, 0.2) is 41.3 Å². The molecule has 2 unspecified atom stereocenters. The Balaban J connectivity index is 1.56. The number of rotatable bonds is 14. The van der Waals surface area contributed by atoms with Crippen LogP contribution in [0.4, 0.5) is 13.2 Å². The van der Waals surface area contributed by atoms with E-state index in [1.165, 1.54) is 23.1 Å². The Morgan fingerprint density at radius 2 is 1.89 bits per heavy atom. The van der Waals surface area contributed by atoms with Gasteiger partial charge in [0.1, 0.15) is 22.2 Å². The van der Waals surface area contributed by atoms with Crippen molar-refractivity contribution >= 4 is 27.6 Å². The molecule has 1 aliphatic carbocycles. The summed E-state index contributed by atoms with van der Waals surface area (Å²) >= 11 is 0. The Hall–Kier alpha value is -3.64. The minimum atomic E-state index is -5.14. The fourth-order valence-electron chi connectivity index (χ4n) is 6.07. The number of hydrogen-bond acceptors (Lipinski definition) is 9. The number of hydrogen-bond donors (Lipinski definition) is 1. The molecule has 15 heteroatoms.